The van der Waals surface area contributed by atoms with Gasteiger partial charge in [-0.05, 0) is 52.8 Å². The number of ether oxygens (including phenoxy) is 1. The van der Waals surface area contributed by atoms with Gasteiger partial charge in [0.15, 0.2) is 5.13 Å². The number of nitrogens with one attached hydrogen (secondary N) is 2. The first-order chi connectivity index (χ1) is 17.9. The number of thiazole rings is 1. The Bertz CT molecular complexity index is 1420. The van der Waals surface area contributed by atoms with Gasteiger partial charge in [0.2, 0.25) is 15.9 Å². The molecular weight excluding hydrogens is 528 g/mol. The zero-order valence-corrected chi connectivity index (χ0v) is 23.6. The highest BCUT2D eigenvalue weighted by atomic mass is 32.2. The molecule has 11 nitrogen and oxygen atoms in total. The Labute approximate surface area is 226 Å². The number of morpholine rings is 1. The molecule has 0 radical (unpaired) electrons. The molecule has 0 aliphatic carbocycles. The molecule has 0 spiro atoms. The molecular formula is C25H32N6O5S2. The quantitative estimate of drug-likeness (QED) is 0.429. The van der Waals surface area contributed by atoms with E-state index in [2.05, 4.69) is 20.5 Å². The van der Waals surface area contributed by atoms with Crippen molar-refractivity contribution in [2.45, 2.75) is 52.1 Å². The van der Waals surface area contributed by atoms with Crippen molar-refractivity contribution < 1.29 is 22.7 Å². The summed E-state index contributed by atoms with van der Waals surface area (Å²) >= 11 is 1.26. The lowest BCUT2D eigenvalue weighted by atomic mass is 10.2. The largest absolute Gasteiger partial charge is 0.372 e. The van der Waals surface area contributed by atoms with Crippen molar-refractivity contribution in [3.8, 4) is 11.4 Å². The molecule has 1 fully saturated rings. The molecule has 0 bridgehead atoms. The van der Waals surface area contributed by atoms with E-state index >= 15 is 0 Å². The lowest BCUT2D eigenvalue weighted by Gasteiger charge is -2.36. The molecule has 1 aliphatic rings. The number of hydrogen-bond donors (Lipinski definition) is 2. The predicted octanol–water partition coefficient (Wildman–Crippen LogP) is 2.88. The van der Waals surface area contributed by atoms with E-state index in [1.54, 1.807) is 20.8 Å². The van der Waals surface area contributed by atoms with E-state index < -0.39 is 27.1 Å². The van der Waals surface area contributed by atoms with Gasteiger partial charge in [-0.1, -0.05) is 6.07 Å². The molecule has 1 saturated heterocycles. The summed E-state index contributed by atoms with van der Waals surface area (Å²) in [4.78, 5) is 36.4. The molecule has 0 unspecified atom stereocenters. The van der Waals surface area contributed by atoms with Crippen molar-refractivity contribution >= 4 is 44.1 Å². The van der Waals surface area contributed by atoms with E-state index in [9.17, 15) is 18.0 Å². The normalized spacial score (nSPS) is 18.0. The Morgan fingerprint density at radius 3 is 2.55 bits per heavy atom. The highest BCUT2D eigenvalue weighted by molar-refractivity contribution is 7.90. The number of rotatable bonds is 8. The zero-order valence-electron chi connectivity index (χ0n) is 22.0. The van der Waals surface area contributed by atoms with Crippen LogP contribution in [-0.2, 0) is 19.6 Å². The third kappa shape index (κ3) is 6.22. The number of aryl methyl sites for hydroxylation is 1. The summed E-state index contributed by atoms with van der Waals surface area (Å²) in [7, 11) is -3.59. The number of amides is 2. The standard InChI is InChI=1S/C25H32N6O5S2/c1-15(2)38(34,35)31-13-19(9-16(31)3)24(33)26-10-23(32)29-25-28-21(14-37-25)20-7-6-8-22(27-20)30-11-17(4)36-18(5)12-30/h6-9,13-15,17-18H,10-12H2,1-5H3,(H,26,33)(H,28,29,32)/t17-,18+. The fraction of sp³-hybridized carbons (Fsp3) is 0.440. The second-order valence-corrected chi connectivity index (χ2v) is 12.8. The van der Waals surface area contributed by atoms with E-state index in [-0.39, 0.29) is 24.3 Å². The van der Waals surface area contributed by atoms with Crippen molar-refractivity contribution in [2.24, 2.45) is 0 Å². The molecule has 3 aromatic rings. The van der Waals surface area contributed by atoms with Crippen molar-refractivity contribution in [2.75, 3.05) is 29.9 Å². The first-order valence-corrected chi connectivity index (χ1v) is 14.7. The third-order valence-corrected chi connectivity index (χ3v) is 8.89. The van der Waals surface area contributed by atoms with Crippen molar-refractivity contribution in [1.29, 1.82) is 0 Å². The van der Waals surface area contributed by atoms with Gasteiger partial charge in [-0.2, -0.15) is 0 Å². The van der Waals surface area contributed by atoms with Crippen LogP contribution in [0.25, 0.3) is 11.4 Å². The molecule has 204 valence electrons. The van der Waals surface area contributed by atoms with Crippen LogP contribution in [0.3, 0.4) is 0 Å². The van der Waals surface area contributed by atoms with Gasteiger partial charge in [0.1, 0.15) is 11.5 Å². The topological polar surface area (TPSA) is 136 Å². The van der Waals surface area contributed by atoms with E-state index in [1.165, 1.54) is 23.6 Å². The Balaban J connectivity index is 1.35. The van der Waals surface area contributed by atoms with Gasteiger partial charge in [-0.3, -0.25) is 9.59 Å². The minimum absolute atomic E-state index is 0.114. The maximum Gasteiger partial charge on any atom is 0.253 e. The lowest BCUT2D eigenvalue weighted by molar-refractivity contribution is -0.115. The van der Waals surface area contributed by atoms with Crippen LogP contribution in [0.4, 0.5) is 10.9 Å². The first-order valence-electron chi connectivity index (χ1n) is 12.3. The van der Waals surface area contributed by atoms with Crippen LogP contribution in [0, 0.1) is 6.92 Å². The fourth-order valence-electron chi connectivity index (χ4n) is 4.16. The fourth-order valence-corrected chi connectivity index (χ4v) is 6.05. The average Bonchev–Trinajstić information content (AvgIpc) is 3.49. The maximum atomic E-state index is 12.5. The molecule has 4 heterocycles. The van der Waals surface area contributed by atoms with Gasteiger partial charge in [0, 0.05) is 30.4 Å². The minimum atomic E-state index is -3.59. The summed E-state index contributed by atoms with van der Waals surface area (Å²) in [5.41, 5.74) is 1.90. The number of nitrogens with zero attached hydrogens (tertiary/aromatic N) is 4. The lowest BCUT2D eigenvalue weighted by Crippen LogP contribution is -2.45. The molecule has 1 aliphatic heterocycles. The Morgan fingerprint density at radius 1 is 1.16 bits per heavy atom. The highest BCUT2D eigenvalue weighted by Gasteiger charge is 2.24. The van der Waals surface area contributed by atoms with Crippen molar-refractivity contribution in [3.05, 3.63) is 47.1 Å². The summed E-state index contributed by atoms with van der Waals surface area (Å²) in [5.74, 6) is -0.159. The zero-order chi connectivity index (χ0) is 27.6. The van der Waals surface area contributed by atoms with Crippen molar-refractivity contribution in [3.63, 3.8) is 0 Å². The van der Waals surface area contributed by atoms with Crippen LogP contribution < -0.4 is 15.5 Å². The van der Waals surface area contributed by atoms with Crippen LogP contribution in [0.1, 0.15) is 43.7 Å². The summed E-state index contributed by atoms with van der Waals surface area (Å²) in [6.45, 7) is 10.0. The predicted molar refractivity (Wildman–Crippen MR) is 147 cm³/mol. The maximum absolute atomic E-state index is 12.5. The number of hydrogen-bond acceptors (Lipinski definition) is 9. The summed E-state index contributed by atoms with van der Waals surface area (Å²) < 4.78 is 31.8. The summed E-state index contributed by atoms with van der Waals surface area (Å²) in [6.07, 6.45) is 1.50. The average molecular weight is 561 g/mol. The number of aromatic nitrogens is 3. The molecule has 0 saturated carbocycles. The molecule has 3 aromatic heterocycles. The van der Waals surface area contributed by atoms with E-state index in [0.29, 0.717) is 22.2 Å². The van der Waals surface area contributed by atoms with Gasteiger partial charge in [-0.15, -0.1) is 11.3 Å². The summed E-state index contributed by atoms with van der Waals surface area (Å²) in [5, 5.41) is 6.76. The summed E-state index contributed by atoms with van der Waals surface area (Å²) in [6, 6.07) is 7.22. The van der Waals surface area contributed by atoms with Gasteiger partial charge in [0.05, 0.1) is 35.3 Å². The Hall–Kier alpha value is -3.29. The van der Waals surface area contributed by atoms with Gasteiger partial charge >= 0.3 is 0 Å². The van der Waals surface area contributed by atoms with Crippen LogP contribution >= 0.6 is 11.3 Å². The second kappa shape index (κ2) is 11.2. The number of carbonyl (C=O) groups is 2. The minimum Gasteiger partial charge on any atom is -0.372 e. The smallest absolute Gasteiger partial charge is 0.253 e. The Morgan fingerprint density at radius 2 is 1.87 bits per heavy atom. The van der Waals surface area contributed by atoms with Crippen LogP contribution in [0.5, 0.6) is 0 Å². The van der Waals surface area contributed by atoms with E-state index in [4.69, 9.17) is 9.72 Å². The number of carbonyl (C=O) groups excluding carboxylic acids is 2. The SMILES string of the molecule is Cc1cc(C(=O)NCC(=O)Nc2nc(-c3cccc(N4C[C@@H](C)O[C@@H](C)C4)n3)cs2)cn1S(=O)(=O)C(C)C. The van der Waals surface area contributed by atoms with E-state index in [0.717, 1.165) is 22.9 Å². The number of pyridine rings is 1. The van der Waals surface area contributed by atoms with E-state index in [1.807, 2.05) is 37.4 Å². The van der Waals surface area contributed by atoms with Crippen molar-refractivity contribution in [1.82, 2.24) is 19.3 Å². The molecule has 2 atom stereocenters. The Kier molecular flexibility index (Phi) is 8.19. The monoisotopic (exact) mass is 560 g/mol. The van der Waals surface area contributed by atoms with Gasteiger partial charge in [0.25, 0.3) is 5.91 Å². The third-order valence-electron chi connectivity index (χ3n) is 6.00. The van der Waals surface area contributed by atoms with Gasteiger partial charge < -0.3 is 20.3 Å². The van der Waals surface area contributed by atoms with Gasteiger partial charge in [-0.25, -0.2) is 22.4 Å². The molecule has 13 heteroatoms. The van der Waals surface area contributed by atoms with Crippen LogP contribution in [-0.4, -0.2) is 71.3 Å². The molecule has 38 heavy (non-hydrogen) atoms. The van der Waals surface area contributed by atoms with Crippen LogP contribution in [0.2, 0.25) is 0 Å². The van der Waals surface area contributed by atoms with Crippen LogP contribution in [0.15, 0.2) is 35.8 Å². The second-order valence-electron chi connectivity index (χ2n) is 9.57. The first kappa shape index (κ1) is 27.7. The molecule has 0 aromatic carbocycles. The highest BCUT2D eigenvalue weighted by Crippen LogP contribution is 2.26. The molecule has 4 rings (SSSR count). The molecule has 2 N–H and O–H groups in total. The number of anilines is 2. The molecule has 2 amide bonds.